The van der Waals surface area contributed by atoms with Crippen molar-refractivity contribution < 1.29 is 17.9 Å². The molecule has 1 atom stereocenters. The van der Waals surface area contributed by atoms with Crippen molar-refractivity contribution in [3.8, 4) is 0 Å². The molecule has 0 aromatic heterocycles. The molecule has 0 radical (unpaired) electrons. The molecule has 6 nitrogen and oxygen atoms in total. The number of hydrogen-bond acceptors (Lipinski definition) is 4. The van der Waals surface area contributed by atoms with E-state index in [0.29, 0.717) is 19.6 Å². The van der Waals surface area contributed by atoms with Gasteiger partial charge in [0.25, 0.3) is 0 Å². The highest BCUT2D eigenvalue weighted by Crippen LogP contribution is 2.22. The van der Waals surface area contributed by atoms with Crippen molar-refractivity contribution >= 4 is 29.9 Å². The fourth-order valence-electron chi connectivity index (χ4n) is 3.18. The number of likely N-dealkylation sites (tertiary alicyclic amines) is 1. The van der Waals surface area contributed by atoms with Gasteiger partial charge in [-0.05, 0) is 25.8 Å². The van der Waals surface area contributed by atoms with E-state index in [1.165, 1.54) is 4.90 Å². The highest BCUT2D eigenvalue weighted by atomic mass is 127. The number of halogens is 4. The first-order valence-corrected chi connectivity index (χ1v) is 9.07. The van der Waals surface area contributed by atoms with E-state index >= 15 is 0 Å². The van der Waals surface area contributed by atoms with Crippen LogP contribution in [0.2, 0.25) is 0 Å². The predicted molar refractivity (Wildman–Crippen MR) is 107 cm³/mol. The van der Waals surface area contributed by atoms with Gasteiger partial charge in [0.15, 0.2) is 5.96 Å². The molecule has 26 heavy (non-hydrogen) atoms. The van der Waals surface area contributed by atoms with Crippen LogP contribution in [-0.4, -0.2) is 94.1 Å². The summed E-state index contributed by atoms with van der Waals surface area (Å²) in [5.74, 6) is 0.932. The van der Waals surface area contributed by atoms with Gasteiger partial charge in [0.2, 0.25) is 0 Å². The molecular weight excluding hydrogens is 462 g/mol. The smallest absolute Gasteiger partial charge is 0.379 e. The molecule has 0 aromatic carbocycles. The van der Waals surface area contributed by atoms with Gasteiger partial charge in [0.1, 0.15) is 0 Å². The lowest BCUT2D eigenvalue weighted by molar-refractivity contribution is -0.143. The molecule has 2 rings (SSSR count). The fraction of sp³-hybridized carbons (Fsp3) is 0.938. The van der Waals surface area contributed by atoms with Gasteiger partial charge in [-0.2, -0.15) is 13.2 Å². The highest BCUT2D eigenvalue weighted by molar-refractivity contribution is 14.0. The SMILES string of the molecule is CCNC(=NCC1CCN(CC(F)(F)F)C1)NCCN1CCOCC1.I. The Morgan fingerprint density at radius 1 is 1.15 bits per heavy atom. The van der Waals surface area contributed by atoms with Gasteiger partial charge in [-0.25, -0.2) is 0 Å². The van der Waals surface area contributed by atoms with E-state index in [2.05, 4.69) is 20.5 Å². The van der Waals surface area contributed by atoms with Crippen molar-refractivity contribution in [3.05, 3.63) is 0 Å². The van der Waals surface area contributed by atoms with Gasteiger partial charge >= 0.3 is 6.18 Å². The summed E-state index contributed by atoms with van der Waals surface area (Å²) in [5, 5.41) is 6.50. The van der Waals surface area contributed by atoms with Crippen LogP contribution in [0.4, 0.5) is 13.2 Å². The summed E-state index contributed by atoms with van der Waals surface area (Å²) >= 11 is 0. The monoisotopic (exact) mass is 493 g/mol. The van der Waals surface area contributed by atoms with Crippen molar-refractivity contribution in [2.24, 2.45) is 10.9 Å². The lowest BCUT2D eigenvalue weighted by Gasteiger charge is -2.26. The van der Waals surface area contributed by atoms with Gasteiger partial charge in [0, 0.05) is 45.8 Å². The molecule has 10 heteroatoms. The number of nitrogens with zero attached hydrogens (tertiary/aromatic N) is 3. The number of rotatable bonds is 7. The molecule has 0 aliphatic carbocycles. The van der Waals surface area contributed by atoms with Crippen molar-refractivity contribution in [1.82, 2.24) is 20.4 Å². The van der Waals surface area contributed by atoms with Crippen LogP contribution in [0.15, 0.2) is 4.99 Å². The van der Waals surface area contributed by atoms with Crippen molar-refractivity contribution in [3.63, 3.8) is 0 Å². The summed E-state index contributed by atoms with van der Waals surface area (Å²) < 4.78 is 42.7. The van der Waals surface area contributed by atoms with Crippen molar-refractivity contribution in [1.29, 1.82) is 0 Å². The first-order valence-electron chi connectivity index (χ1n) is 9.07. The number of ether oxygens (including phenoxy) is 1. The summed E-state index contributed by atoms with van der Waals surface area (Å²) in [6.07, 6.45) is -3.35. The highest BCUT2D eigenvalue weighted by Gasteiger charge is 2.34. The van der Waals surface area contributed by atoms with Crippen LogP contribution in [0.25, 0.3) is 0 Å². The largest absolute Gasteiger partial charge is 0.401 e. The number of hydrogen-bond donors (Lipinski definition) is 2. The molecule has 1 unspecified atom stereocenters. The molecule has 2 aliphatic heterocycles. The maximum atomic E-state index is 12.4. The van der Waals surface area contributed by atoms with Gasteiger partial charge in [0.05, 0.1) is 19.8 Å². The maximum Gasteiger partial charge on any atom is 0.401 e. The average molecular weight is 493 g/mol. The van der Waals surface area contributed by atoms with E-state index in [1.807, 2.05) is 6.92 Å². The second-order valence-electron chi connectivity index (χ2n) is 6.61. The Labute approximate surface area is 170 Å². The van der Waals surface area contributed by atoms with E-state index in [-0.39, 0.29) is 29.9 Å². The van der Waals surface area contributed by atoms with E-state index in [4.69, 9.17) is 4.74 Å². The second-order valence-corrected chi connectivity index (χ2v) is 6.61. The van der Waals surface area contributed by atoms with Crippen LogP contribution in [0, 0.1) is 5.92 Å². The number of morpholine rings is 1. The Hall–Kier alpha value is -0.330. The lowest BCUT2D eigenvalue weighted by atomic mass is 10.1. The molecule has 0 aromatic rings. The molecule has 2 fully saturated rings. The molecular formula is C16H31F3IN5O. The van der Waals surface area contributed by atoms with Crippen LogP contribution in [-0.2, 0) is 4.74 Å². The lowest BCUT2D eigenvalue weighted by Crippen LogP contribution is -2.44. The summed E-state index contributed by atoms with van der Waals surface area (Å²) in [4.78, 5) is 8.36. The summed E-state index contributed by atoms with van der Waals surface area (Å²) in [6.45, 7) is 8.65. The molecule has 2 heterocycles. The zero-order valence-corrected chi connectivity index (χ0v) is 17.7. The third-order valence-corrected chi connectivity index (χ3v) is 4.45. The maximum absolute atomic E-state index is 12.4. The Morgan fingerprint density at radius 3 is 2.54 bits per heavy atom. The molecule has 2 saturated heterocycles. The molecule has 2 aliphatic rings. The van der Waals surface area contributed by atoms with E-state index in [0.717, 1.165) is 58.3 Å². The Balaban J connectivity index is 0.00000338. The third kappa shape index (κ3) is 9.56. The Bertz CT molecular complexity index is 419. The normalized spacial score (nSPS) is 22.9. The third-order valence-electron chi connectivity index (χ3n) is 4.45. The number of aliphatic imine (C=N–C) groups is 1. The molecule has 0 amide bonds. The number of guanidine groups is 1. The minimum Gasteiger partial charge on any atom is -0.379 e. The molecule has 2 N–H and O–H groups in total. The average Bonchev–Trinajstić information content (AvgIpc) is 2.99. The van der Waals surface area contributed by atoms with Gasteiger partial charge in [-0.15, -0.1) is 24.0 Å². The van der Waals surface area contributed by atoms with Crippen LogP contribution in [0.5, 0.6) is 0 Å². The Kier molecular flexibility index (Phi) is 11.1. The standard InChI is InChI=1S/C16H30F3N5O.HI/c1-2-20-15(21-4-6-23-7-9-25-10-8-23)22-11-14-3-5-24(12-14)13-16(17,18)19;/h14H,2-13H2,1H3,(H2,20,21,22);1H. The molecule has 0 spiro atoms. The quantitative estimate of drug-likeness (QED) is 0.319. The first kappa shape index (κ1) is 23.7. The van der Waals surface area contributed by atoms with E-state index < -0.39 is 12.7 Å². The number of nitrogens with one attached hydrogen (secondary N) is 2. The summed E-state index contributed by atoms with van der Waals surface area (Å²) in [7, 11) is 0. The van der Waals surface area contributed by atoms with Gasteiger partial charge in [-0.3, -0.25) is 14.8 Å². The molecule has 154 valence electrons. The molecule has 0 saturated carbocycles. The van der Waals surface area contributed by atoms with Crippen LogP contribution < -0.4 is 10.6 Å². The minimum absolute atomic E-state index is 0. The summed E-state index contributed by atoms with van der Waals surface area (Å²) in [6, 6.07) is 0. The predicted octanol–water partition coefficient (Wildman–Crippen LogP) is 1.38. The van der Waals surface area contributed by atoms with E-state index in [9.17, 15) is 13.2 Å². The summed E-state index contributed by atoms with van der Waals surface area (Å²) in [5.41, 5.74) is 0. The van der Waals surface area contributed by atoms with Gasteiger partial charge in [-0.1, -0.05) is 0 Å². The molecule has 0 bridgehead atoms. The van der Waals surface area contributed by atoms with Crippen LogP contribution in [0.1, 0.15) is 13.3 Å². The fourth-order valence-corrected chi connectivity index (χ4v) is 3.18. The van der Waals surface area contributed by atoms with Gasteiger partial charge < -0.3 is 15.4 Å². The number of alkyl halides is 3. The van der Waals surface area contributed by atoms with Crippen LogP contribution >= 0.6 is 24.0 Å². The first-order chi connectivity index (χ1) is 12.0. The minimum atomic E-state index is -4.12. The zero-order chi connectivity index (χ0) is 18.1. The second kappa shape index (κ2) is 12.2. The zero-order valence-electron chi connectivity index (χ0n) is 15.4. The van der Waals surface area contributed by atoms with Crippen molar-refractivity contribution in [2.75, 3.05) is 72.1 Å². The van der Waals surface area contributed by atoms with E-state index in [1.54, 1.807) is 0 Å². The van der Waals surface area contributed by atoms with Crippen molar-refractivity contribution in [2.45, 2.75) is 19.5 Å². The topological polar surface area (TPSA) is 52.1 Å². The van der Waals surface area contributed by atoms with Crippen LogP contribution in [0.3, 0.4) is 0 Å². The Morgan fingerprint density at radius 2 is 1.88 bits per heavy atom.